The minimum Gasteiger partial charge on any atom is -0.381 e. The summed E-state index contributed by atoms with van der Waals surface area (Å²) in [6, 6.07) is 15.9. The Morgan fingerprint density at radius 3 is 1.48 bits per heavy atom. The van der Waals surface area contributed by atoms with E-state index in [0.29, 0.717) is 22.3 Å². The summed E-state index contributed by atoms with van der Waals surface area (Å²) in [5.74, 6) is 2.70. The van der Waals surface area contributed by atoms with Crippen molar-refractivity contribution in [2.45, 2.75) is 194 Å². The zero-order valence-corrected chi connectivity index (χ0v) is 52.1. The van der Waals surface area contributed by atoms with Gasteiger partial charge >= 0.3 is 0 Å². The van der Waals surface area contributed by atoms with Crippen molar-refractivity contribution in [2.24, 2.45) is 33.1 Å². The van der Waals surface area contributed by atoms with Crippen LogP contribution in [-0.4, -0.2) is 100.0 Å². The van der Waals surface area contributed by atoms with E-state index in [-0.39, 0.29) is 7.43 Å². The molecule has 4 aliphatic rings. The number of ether oxygens (including phenoxy) is 4. The van der Waals surface area contributed by atoms with Gasteiger partial charge in [0.15, 0.2) is 0 Å². The monoisotopic (exact) mass is 1100 g/mol. The summed E-state index contributed by atoms with van der Waals surface area (Å²) in [5.41, 5.74) is 7.57. The predicted molar refractivity (Wildman–Crippen MR) is 337 cm³/mol. The van der Waals surface area contributed by atoms with Crippen LogP contribution in [0.3, 0.4) is 0 Å². The van der Waals surface area contributed by atoms with Gasteiger partial charge < -0.3 is 18.9 Å². The van der Waals surface area contributed by atoms with Gasteiger partial charge in [-0.25, -0.2) is 9.97 Å². The van der Waals surface area contributed by atoms with Gasteiger partial charge in [-0.15, -0.1) is 0 Å². The molecule has 5 aromatic heterocycles. The van der Waals surface area contributed by atoms with Crippen molar-refractivity contribution in [1.82, 2.24) is 34.9 Å². The smallest absolute Gasteiger partial charge is 0.127 e. The molecule has 12 heteroatoms. The highest BCUT2D eigenvalue weighted by Crippen LogP contribution is 2.29. The van der Waals surface area contributed by atoms with Gasteiger partial charge in [-0.3, -0.25) is 29.9 Å². The summed E-state index contributed by atoms with van der Waals surface area (Å²) in [4.78, 5) is 32.0. The Kier molecular flexibility index (Phi) is 43.5. The van der Waals surface area contributed by atoms with Gasteiger partial charge in [-0.2, -0.15) is 0 Å². The first-order valence-electron chi connectivity index (χ1n) is 29.5. The molecule has 5 aromatic rings. The Balaban J connectivity index is 0.000000878. The van der Waals surface area contributed by atoms with E-state index in [4.69, 9.17) is 18.9 Å². The van der Waals surface area contributed by atoms with E-state index in [0.717, 1.165) is 120 Å². The fourth-order valence-corrected chi connectivity index (χ4v) is 8.14. The second-order valence-corrected chi connectivity index (χ2v) is 23.5. The second-order valence-electron chi connectivity index (χ2n) is 23.5. The highest BCUT2D eigenvalue weighted by Gasteiger charge is 2.23. The zero-order chi connectivity index (χ0) is 58.5. The van der Waals surface area contributed by atoms with Gasteiger partial charge in [0.05, 0.1) is 38.2 Å². The molecule has 0 aliphatic carbocycles. The van der Waals surface area contributed by atoms with Gasteiger partial charge in [-0.1, -0.05) is 130 Å². The second kappa shape index (κ2) is 46.5. The van der Waals surface area contributed by atoms with E-state index in [1.54, 1.807) is 37.2 Å². The lowest BCUT2D eigenvalue weighted by Gasteiger charge is -2.28. The molecule has 0 spiro atoms. The molecule has 0 radical (unpaired) electrons. The first-order valence-corrected chi connectivity index (χ1v) is 29.5. The van der Waals surface area contributed by atoms with Gasteiger partial charge in [0, 0.05) is 107 Å². The van der Waals surface area contributed by atoms with Crippen LogP contribution < -0.4 is 0 Å². The van der Waals surface area contributed by atoms with E-state index >= 15 is 0 Å². The van der Waals surface area contributed by atoms with Crippen molar-refractivity contribution in [3.8, 4) is 0 Å². The third kappa shape index (κ3) is 44.6. The molecule has 12 nitrogen and oxygen atoms in total. The molecular formula is C68H112N8O4. The Morgan fingerprint density at radius 1 is 0.475 bits per heavy atom. The van der Waals surface area contributed by atoms with Crippen LogP contribution in [-0.2, 0) is 51.1 Å². The van der Waals surface area contributed by atoms with Crippen molar-refractivity contribution in [3.05, 3.63) is 150 Å². The topological polar surface area (TPSA) is 140 Å². The van der Waals surface area contributed by atoms with Gasteiger partial charge in [-0.05, 0) is 151 Å². The van der Waals surface area contributed by atoms with Crippen LogP contribution in [0.5, 0.6) is 0 Å². The first kappa shape index (κ1) is 74.9. The number of hydrogen-bond donors (Lipinski definition) is 0. The molecule has 0 amide bonds. The number of allylic oxidation sites excluding steroid dienone is 1. The molecule has 0 bridgehead atoms. The van der Waals surface area contributed by atoms with Gasteiger partial charge in [0.2, 0.25) is 0 Å². The van der Waals surface area contributed by atoms with Crippen LogP contribution in [0, 0.1) is 28.1 Å². The molecule has 3 saturated heterocycles. The fourth-order valence-electron chi connectivity index (χ4n) is 8.14. The van der Waals surface area contributed by atoms with Crippen molar-refractivity contribution in [1.29, 1.82) is 0 Å². The summed E-state index contributed by atoms with van der Waals surface area (Å²) in [5, 5.41) is 0. The van der Waals surface area contributed by atoms with Crippen LogP contribution in [0.1, 0.15) is 185 Å². The largest absolute Gasteiger partial charge is 0.381 e. The van der Waals surface area contributed by atoms with Crippen LogP contribution in [0.15, 0.2) is 127 Å². The number of hydrogen-bond acceptors (Lipinski definition) is 12. The molecule has 4 aliphatic heterocycles. The van der Waals surface area contributed by atoms with Crippen molar-refractivity contribution < 1.29 is 18.9 Å². The maximum absolute atomic E-state index is 5.53. The van der Waals surface area contributed by atoms with E-state index in [1.165, 1.54) is 55.2 Å². The van der Waals surface area contributed by atoms with E-state index in [1.807, 2.05) is 80.4 Å². The predicted octanol–water partition coefficient (Wildman–Crippen LogP) is 16.2. The number of aromatic nitrogens is 7. The third-order valence-electron chi connectivity index (χ3n) is 12.3. The molecule has 80 heavy (non-hydrogen) atoms. The Morgan fingerprint density at radius 2 is 1.09 bits per heavy atom. The Bertz CT molecular complexity index is 1930. The Labute approximate surface area is 488 Å². The molecular weight excluding hydrogens is 993 g/mol. The molecule has 0 N–H and O–H groups in total. The summed E-state index contributed by atoms with van der Waals surface area (Å²) < 4.78 is 21.3. The fraction of sp³-hybridized carbons (Fsp3) is 0.618. The lowest BCUT2D eigenvalue weighted by atomic mass is 9.84. The zero-order valence-electron chi connectivity index (χ0n) is 52.1. The standard InChI is InChI=1S/C9H15N.C9H18O2.C9H18O.3C7H9N.C7H14O.2C6H8N2.CH4/c1-9(2,3)6-8-4-5-10-7-8;1-9(2,3)6-8-7-10-4-5-11-8;1-9(2,3)6-8-4-5-10-7-8;1-2-7-3-5-8-6-4-7;1-2-7-4-3-5-8-6-7;1-2-7-5-3-4-6-8-7;1-2-7-3-5-8-6-4-7;1-2-6-5-7-3-4-8-6;1-2-6-7-4-3-5-8-6;/h4-5H,6-7H2,1-3H3;8H,4-7H2,1-3H3;8H,4-7H2,1-3H3;3*3-6H,2H2,1H3;7H,2-6H2,1H3;2*3-5H,2H2,1H3;1H4. The normalized spacial score (nSPS) is 16.3. The van der Waals surface area contributed by atoms with Crippen molar-refractivity contribution in [3.63, 3.8) is 0 Å². The number of aliphatic imine (C=N–C) groups is 1. The molecule has 9 heterocycles. The molecule has 0 saturated carbocycles. The lowest BCUT2D eigenvalue weighted by molar-refractivity contribution is -0.100. The maximum Gasteiger partial charge on any atom is 0.127 e. The molecule has 9 rings (SSSR count). The first-order chi connectivity index (χ1) is 37.8. The molecule has 2 unspecified atom stereocenters. The average molecular weight is 1110 g/mol. The van der Waals surface area contributed by atoms with Crippen molar-refractivity contribution >= 4 is 6.21 Å². The average Bonchev–Trinajstić information content (AvgIpc) is 4.19. The van der Waals surface area contributed by atoms with Gasteiger partial charge in [0.25, 0.3) is 0 Å². The molecule has 3 fully saturated rings. The minimum atomic E-state index is 0. The SMILES string of the molecule is C.CC(C)(C)CC1=CC=NC1.CC(C)(C)CC1CCOC1.CC(C)(C)CC1COCCO1.CCC1CCOCC1.CCc1ccccn1.CCc1cccnc1.CCc1ccncc1.CCc1cnccn1.CCc1ncccn1. The molecule has 448 valence electrons. The van der Waals surface area contributed by atoms with Crippen LogP contribution in [0.25, 0.3) is 0 Å². The van der Waals surface area contributed by atoms with Crippen molar-refractivity contribution in [2.75, 3.05) is 52.8 Å². The van der Waals surface area contributed by atoms with E-state index in [9.17, 15) is 0 Å². The minimum absolute atomic E-state index is 0. The summed E-state index contributed by atoms with van der Waals surface area (Å²) in [6.45, 7) is 40.3. The van der Waals surface area contributed by atoms with Crippen LogP contribution in [0.4, 0.5) is 0 Å². The number of pyridine rings is 3. The highest BCUT2D eigenvalue weighted by molar-refractivity contribution is 5.75. The quantitative estimate of drug-likeness (QED) is 0.139. The molecule has 0 aromatic carbocycles. The Hall–Kier alpha value is -5.14. The van der Waals surface area contributed by atoms with Gasteiger partial charge in [0.1, 0.15) is 5.82 Å². The number of aryl methyl sites for hydroxylation is 5. The van der Waals surface area contributed by atoms with Crippen LogP contribution in [0.2, 0.25) is 0 Å². The lowest BCUT2D eigenvalue weighted by Crippen LogP contribution is -2.31. The summed E-state index contributed by atoms with van der Waals surface area (Å²) in [6.07, 6.45) is 36.0. The number of nitrogens with zero attached hydrogens (tertiary/aromatic N) is 8. The van der Waals surface area contributed by atoms with E-state index in [2.05, 4.69) is 149 Å². The molecule has 2 atom stereocenters. The summed E-state index contributed by atoms with van der Waals surface area (Å²) in [7, 11) is 0. The maximum atomic E-state index is 5.53. The summed E-state index contributed by atoms with van der Waals surface area (Å²) >= 11 is 0. The third-order valence-corrected chi connectivity index (χ3v) is 12.3. The van der Waals surface area contributed by atoms with E-state index < -0.39 is 0 Å². The van der Waals surface area contributed by atoms with Crippen LogP contribution >= 0.6 is 0 Å². The number of rotatable bonds is 9. The highest BCUT2D eigenvalue weighted by atomic mass is 16.6.